The van der Waals surface area contributed by atoms with Gasteiger partial charge in [0.15, 0.2) is 0 Å². The Morgan fingerprint density at radius 2 is 2.22 bits per heavy atom. The van der Waals surface area contributed by atoms with E-state index in [9.17, 15) is 9.90 Å². The molecule has 1 aromatic carbocycles. The number of hydrogen-bond donors (Lipinski definition) is 3. The third-order valence-electron chi connectivity index (χ3n) is 3.83. The summed E-state index contributed by atoms with van der Waals surface area (Å²) < 4.78 is 5.39. The van der Waals surface area contributed by atoms with E-state index in [0.29, 0.717) is 26.3 Å². The second-order valence-corrected chi connectivity index (χ2v) is 5.55. The van der Waals surface area contributed by atoms with Crippen molar-refractivity contribution in [1.29, 1.82) is 0 Å². The molecule has 23 heavy (non-hydrogen) atoms. The lowest BCUT2D eigenvalue weighted by molar-refractivity contribution is 0.0958. The van der Waals surface area contributed by atoms with Crippen LogP contribution in [-0.2, 0) is 4.74 Å². The number of nitrogens with zero attached hydrogens (tertiary/aromatic N) is 2. The van der Waals surface area contributed by atoms with Crippen molar-refractivity contribution in [3.05, 3.63) is 36.5 Å². The fraction of sp³-hybridized carbons (Fsp3) is 0.375. The summed E-state index contributed by atoms with van der Waals surface area (Å²) in [6, 6.07) is 9.26. The number of ether oxygens (including phenoxy) is 1. The molecule has 3 rings (SSSR count). The number of nitrogens with one attached hydrogen (secondary N) is 2. The molecule has 1 atom stereocenters. The second-order valence-electron chi connectivity index (χ2n) is 5.55. The summed E-state index contributed by atoms with van der Waals surface area (Å²) >= 11 is 0. The van der Waals surface area contributed by atoms with Crippen molar-refractivity contribution < 1.29 is 14.6 Å². The van der Waals surface area contributed by atoms with Crippen LogP contribution in [0.1, 0.15) is 0 Å². The Bertz CT molecular complexity index is 627. The van der Waals surface area contributed by atoms with Gasteiger partial charge in [-0.25, -0.2) is 4.79 Å². The summed E-state index contributed by atoms with van der Waals surface area (Å²) in [7, 11) is 0. The van der Waals surface area contributed by atoms with E-state index < -0.39 is 0 Å². The number of hydrogen-bond acceptors (Lipinski definition) is 4. The average molecular weight is 316 g/mol. The Morgan fingerprint density at radius 1 is 1.39 bits per heavy atom. The van der Waals surface area contributed by atoms with Crippen LogP contribution in [-0.4, -0.2) is 59.1 Å². The maximum atomic E-state index is 12.4. The van der Waals surface area contributed by atoms with E-state index >= 15 is 0 Å². The zero-order valence-electron chi connectivity index (χ0n) is 12.7. The van der Waals surface area contributed by atoms with Crippen LogP contribution in [0.4, 0.5) is 10.5 Å². The summed E-state index contributed by atoms with van der Waals surface area (Å²) in [5.74, 6) is -0.0361. The molecule has 0 aliphatic carbocycles. The van der Waals surface area contributed by atoms with E-state index in [4.69, 9.17) is 4.74 Å². The van der Waals surface area contributed by atoms with Gasteiger partial charge in [-0.05, 0) is 23.8 Å². The van der Waals surface area contributed by atoms with Gasteiger partial charge in [-0.3, -0.25) is 5.10 Å². The molecule has 0 spiro atoms. The van der Waals surface area contributed by atoms with Crippen LogP contribution in [0.25, 0.3) is 11.3 Å². The van der Waals surface area contributed by atoms with Crippen LogP contribution < -0.4 is 5.32 Å². The van der Waals surface area contributed by atoms with Gasteiger partial charge in [0.1, 0.15) is 0 Å². The van der Waals surface area contributed by atoms with Crippen LogP contribution in [0.15, 0.2) is 36.5 Å². The van der Waals surface area contributed by atoms with Gasteiger partial charge in [-0.15, -0.1) is 0 Å². The molecule has 2 aromatic rings. The molecule has 2 heterocycles. The van der Waals surface area contributed by atoms with Crippen LogP contribution in [0.3, 0.4) is 0 Å². The van der Waals surface area contributed by atoms with Gasteiger partial charge >= 0.3 is 6.03 Å². The molecule has 1 fully saturated rings. The molecular weight excluding hydrogens is 296 g/mol. The number of aliphatic hydroxyl groups excluding tert-OH is 1. The molecule has 0 saturated carbocycles. The number of aromatic nitrogens is 2. The molecule has 0 bridgehead atoms. The standard InChI is InChI=1S/C16H20N4O3/c21-10-12-9-20(7-8-23-11-12)16(22)18-14-3-1-13(2-4-14)15-5-6-17-19-15/h1-6,12,21H,7-11H2,(H,17,19)(H,18,22)/t12-/m0/s1. The first-order valence-corrected chi connectivity index (χ1v) is 7.60. The van der Waals surface area contributed by atoms with Gasteiger partial charge < -0.3 is 20.1 Å². The Kier molecular flexibility index (Phi) is 4.89. The van der Waals surface area contributed by atoms with E-state index in [-0.39, 0.29) is 18.6 Å². The summed E-state index contributed by atoms with van der Waals surface area (Å²) in [5.41, 5.74) is 2.66. The number of urea groups is 1. The van der Waals surface area contributed by atoms with Crippen molar-refractivity contribution in [2.24, 2.45) is 5.92 Å². The number of rotatable bonds is 3. The van der Waals surface area contributed by atoms with Gasteiger partial charge in [0.05, 0.1) is 18.9 Å². The summed E-state index contributed by atoms with van der Waals surface area (Å²) in [5, 5.41) is 19.0. The highest BCUT2D eigenvalue weighted by molar-refractivity contribution is 5.89. The number of aromatic amines is 1. The average Bonchev–Trinajstić information content (AvgIpc) is 3.00. The molecule has 1 aliphatic rings. The zero-order chi connectivity index (χ0) is 16.1. The molecule has 1 aromatic heterocycles. The summed E-state index contributed by atoms with van der Waals surface area (Å²) in [6.45, 7) is 2.01. The van der Waals surface area contributed by atoms with Gasteiger partial charge in [-0.1, -0.05) is 12.1 Å². The lowest BCUT2D eigenvalue weighted by atomic mass is 10.1. The lowest BCUT2D eigenvalue weighted by Gasteiger charge is -2.23. The highest BCUT2D eigenvalue weighted by Gasteiger charge is 2.22. The maximum absolute atomic E-state index is 12.4. The first-order chi connectivity index (χ1) is 11.3. The molecule has 7 heteroatoms. The van der Waals surface area contributed by atoms with Gasteiger partial charge in [0.2, 0.25) is 0 Å². The largest absolute Gasteiger partial charge is 0.396 e. The van der Waals surface area contributed by atoms with E-state index in [1.54, 1.807) is 11.1 Å². The fourth-order valence-corrected chi connectivity index (χ4v) is 2.53. The Hall–Kier alpha value is -2.38. The van der Waals surface area contributed by atoms with Crippen LogP contribution >= 0.6 is 0 Å². The normalized spacial score (nSPS) is 18.5. The number of aliphatic hydroxyl groups is 1. The van der Waals surface area contributed by atoms with Crippen molar-refractivity contribution >= 4 is 11.7 Å². The number of amides is 2. The third kappa shape index (κ3) is 3.88. The fourth-order valence-electron chi connectivity index (χ4n) is 2.53. The van der Waals surface area contributed by atoms with Crippen molar-refractivity contribution in [2.75, 3.05) is 38.2 Å². The molecule has 122 valence electrons. The molecule has 1 saturated heterocycles. The van der Waals surface area contributed by atoms with Gasteiger partial charge in [0.25, 0.3) is 0 Å². The summed E-state index contributed by atoms with van der Waals surface area (Å²) in [6.07, 6.45) is 1.70. The van der Waals surface area contributed by atoms with Gasteiger partial charge in [0, 0.05) is 37.5 Å². The first kappa shape index (κ1) is 15.5. The zero-order valence-corrected chi connectivity index (χ0v) is 12.7. The van der Waals surface area contributed by atoms with Gasteiger partial charge in [-0.2, -0.15) is 5.10 Å². The number of carbonyl (C=O) groups excluding carboxylic acids is 1. The highest BCUT2D eigenvalue weighted by Crippen LogP contribution is 2.19. The van der Waals surface area contributed by atoms with Crippen LogP contribution in [0.2, 0.25) is 0 Å². The van der Waals surface area contributed by atoms with E-state index in [1.165, 1.54) is 0 Å². The minimum absolute atomic E-state index is 0.0165. The lowest BCUT2D eigenvalue weighted by Crippen LogP contribution is -2.39. The molecule has 7 nitrogen and oxygen atoms in total. The van der Waals surface area contributed by atoms with Crippen molar-refractivity contribution in [2.45, 2.75) is 0 Å². The molecule has 3 N–H and O–H groups in total. The van der Waals surface area contributed by atoms with E-state index in [2.05, 4.69) is 15.5 Å². The van der Waals surface area contributed by atoms with Crippen molar-refractivity contribution in [3.63, 3.8) is 0 Å². The van der Waals surface area contributed by atoms with Crippen LogP contribution in [0.5, 0.6) is 0 Å². The predicted molar refractivity (Wildman–Crippen MR) is 86.0 cm³/mol. The molecule has 2 amide bonds. The topological polar surface area (TPSA) is 90.5 Å². The monoisotopic (exact) mass is 316 g/mol. The quantitative estimate of drug-likeness (QED) is 0.801. The minimum atomic E-state index is -0.178. The maximum Gasteiger partial charge on any atom is 0.321 e. The molecule has 0 radical (unpaired) electrons. The Labute approximate surface area is 134 Å². The summed E-state index contributed by atoms with van der Waals surface area (Å²) in [4.78, 5) is 14.0. The minimum Gasteiger partial charge on any atom is -0.396 e. The van der Waals surface area contributed by atoms with Crippen molar-refractivity contribution in [1.82, 2.24) is 15.1 Å². The van der Waals surface area contributed by atoms with E-state index in [1.807, 2.05) is 30.3 Å². The predicted octanol–water partition coefficient (Wildman–Crippen LogP) is 1.55. The number of benzene rings is 1. The third-order valence-corrected chi connectivity index (χ3v) is 3.83. The Balaban J connectivity index is 1.63. The smallest absolute Gasteiger partial charge is 0.321 e. The highest BCUT2D eigenvalue weighted by atomic mass is 16.5. The number of carbonyl (C=O) groups is 1. The molecule has 1 aliphatic heterocycles. The first-order valence-electron chi connectivity index (χ1n) is 7.60. The Morgan fingerprint density at radius 3 is 2.91 bits per heavy atom. The van der Waals surface area contributed by atoms with E-state index in [0.717, 1.165) is 16.9 Å². The second kappa shape index (κ2) is 7.26. The number of H-pyrrole nitrogens is 1. The van der Waals surface area contributed by atoms with Crippen LogP contribution in [0, 0.1) is 5.92 Å². The van der Waals surface area contributed by atoms with Crippen molar-refractivity contribution in [3.8, 4) is 11.3 Å². The number of anilines is 1. The molecular formula is C16H20N4O3. The SMILES string of the molecule is O=C(Nc1ccc(-c2ccn[nH]2)cc1)N1CCOC[C@H](CO)C1. The molecule has 0 unspecified atom stereocenters.